The van der Waals surface area contributed by atoms with Crippen LogP contribution in [0.5, 0.6) is 0 Å². The van der Waals surface area contributed by atoms with Gasteiger partial charge in [-0.2, -0.15) is 23.1 Å². The lowest BCUT2D eigenvalue weighted by Crippen LogP contribution is -2.37. The summed E-state index contributed by atoms with van der Waals surface area (Å²) in [5, 5.41) is 20.5. The van der Waals surface area contributed by atoms with Crippen LogP contribution in [0.4, 0.5) is 18.9 Å². The fourth-order valence-corrected chi connectivity index (χ4v) is 5.87. The Hall–Kier alpha value is -4.86. The molecule has 1 fully saturated rings. The number of halogens is 5. The Bertz CT molecular complexity index is 1970. The number of benzene rings is 2. The van der Waals surface area contributed by atoms with Crippen molar-refractivity contribution in [2.45, 2.75) is 38.7 Å². The monoisotopic (exact) mass is 698 g/mol. The van der Waals surface area contributed by atoms with Gasteiger partial charge in [0.1, 0.15) is 12.2 Å². The molecule has 0 bridgehead atoms. The van der Waals surface area contributed by atoms with Crippen molar-refractivity contribution in [3.63, 3.8) is 0 Å². The molecule has 0 aliphatic carbocycles. The topological polar surface area (TPSA) is 136 Å². The quantitative estimate of drug-likeness (QED) is 0.215. The average molecular weight is 700 g/mol. The fourth-order valence-electron chi connectivity index (χ4n) is 5.40. The number of aryl methyl sites for hydroxylation is 1. The van der Waals surface area contributed by atoms with E-state index in [4.69, 9.17) is 23.2 Å². The van der Waals surface area contributed by atoms with Gasteiger partial charge in [0.25, 0.3) is 17.6 Å². The minimum Gasteiger partial charge on any atom is -0.348 e. The van der Waals surface area contributed by atoms with Crippen LogP contribution in [0.3, 0.4) is 0 Å². The minimum atomic E-state index is -4.79. The van der Waals surface area contributed by atoms with Crippen LogP contribution < -0.4 is 10.6 Å². The molecule has 0 saturated carbocycles. The summed E-state index contributed by atoms with van der Waals surface area (Å²) in [4.78, 5) is 34.7. The van der Waals surface area contributed by atoms with Crippen molar-refractivity contribution in [1.29, 1.82) is 0 Å². The Labute approximate surface area is 281 Å². The van der Waals surface area contributed by atoms with E-state index in [-0.39, 0.29) is 46.1 Å². The number of amides is 2. The molecule has 0 radical (unpaired) electrons. The van der Waals surface area contributed by atoms with E-state index >= 15 is 0 Å². The van der Waals surface area contributed by atoms with Gasteiger partial charge in [0.2, 0.25) is 0 Å². The zero-order valence-corrected chi connectivity index (χ0v) is 26.8. The number of pyridine rings is 1. The van der Waals surface area contributed by atoms with Crippen molar-refractivity contribution in [3.05, 3.63) is 111 Å². The summed E-state index contributed by atoms with van der Waals surface area (Å²) in [6, 6.07) is 17.5. The number of anilines is 1. The van der Waals surface area contributed by atoms with Gasteiger partial charge in [-0.3, -0.25) is 14.5 Å². The van der Waals surface area contributed by atoms with Crippen molar-refractivity contribution in [1.82, 2.24) is 45.2 Å². The zero-order chi connectivity index (χ0) is 34.0. The van der Waals surface area contributed by atoms with Crippen molar-refractivity contribution in [2.24, 2.45) is 0 Å². The number of alkyl halides is 3. The molecule has 1 saturated heterocycles. The van der Waals surface area contributed by atoms with Gasteiger partial charge in [-0.1, -0.05) is 53.5 Å². The smallest absolute Gasteiger partial charge is 0.348 e. The largest absolute Gasteiger partial charge is 0.455 e. The normalized spacial score (nSPS) is 15.1. The van der Waals surface area contributed by atoms with E-state index in [2.05, 4.69) is 53.2 Å². The third-order valence-corrected chi connectivity index (χ3v) is 8.10. The molecule has 17 heteroatoms. The molecule has 1 aliphatic heterocycles. The molecule has 3 aromatic heterocycles. The van der Waals surface area contributed by atoms with E-state index in [0.29, 0.717) is 21.9 Å². The number of tetrazole rings is 1. The Morgan fingerprint density at radius 2 is 1.79 bits per heavy atom. The van der Waals surface area contributed by atoms with Gasteiger partial charge in [0.05, 0.1) is 22.0 Å². The Morgan fingerprint density at radius 1 is 1.00 bits per heavy atom. The van der Waals surface area contributed by atoms with Gasteiger partial charge < -0.3 is 10.6 Å². The van der Waals surface area contributed by atoms with E-state index in [9.17, 15) is 22.8 Å². The van der Waals surface area contributed by atoms with Gasteiger partial charge >= 0.3 is 6.18 Å². The van der Waals surface area contributed by atoms with Crippen LogP contribution in [0.1, 0.15) is 49.9 Å². The molecule has 2 amide bonds. The van der Waals surface area contributed by atoms with Crippen molar-refractivity contribution >= 4 is 40.7 Å². The predicted molar refractivity (Wildman–Crippen MR) is 170 cm³/mol. The standard InChI is InChI=1S/C31H27Cl2F3N10O2/c1-18-12-20(32)13-23(28(47)38-21-9-11-44(16-21)15-19-6-3-2-4-7-19)26(18)39-29(48)25-14-22(17-45-42-30(40-43-45)31(34,35)36)41-46(25)27-24(33)8-5-10-37-27/h2-8,10,12-14,21H,9,11,15-17H2,1H3,(H,38,47)(H,39,48). The predicted octanol–water partition coefficient (Wildman–Crippen LogP) is 5.19. The van der Waals surface area contributed by atoms with E-state index in [0.717, 1.165) is 24.2 Å². The number of hydrogen-bond donors (Lipinski definition) is 2. The van der Waals surface area contributed by atoms with Gasteiger partial charge in [0.15, 0.2) is 5.82 Å². The number of nitrogens with one attached hydrogen (secondary N) is 2. The molecule has 248 valence electrons. The summed E-state index contributed by atoms with van der Waals surface area (Å²) in [5.41, 5.74) is 2.11. The highest BCUT2D eigenvalue weighted by Crippen LogP contribution is 2.29. The molecule has 1 unspecified atom stereocenters. The van der Waals surface area contributed by atoms with E-state index in [1.807, 2.05) is 18.2 Å². The molecule has 4 heterocycles. The highest BCUT2D eigenvalue weighted by Gasteiger charge is 2.37. The van der Waals surface area contributed by atoms with Crippen LogP contribution in [0.15, 0.2) is 66.9 Å². The second kappa shape index (κ2) is 13.7. The highest BCUT2D eigenvalue weighted by atomic mass is 35.5. The summed E-state index contributed by atoms with van der Waals surface area (Å²) >= 11 is 12.7. The number of aromatic nitrogens is 7. The molecular formula is C31H27Cl2F3N10O2. The molecule has 6 rings (SSSR count). The molecule has 5 aromatic rings. The highest BCUT2D eigenvalue weighted by molar-refractivity contribution is 6.32. The molecule has 48 heavy (non-hydrogen) atoms. The van der Waals surface area contributed by atoms with Crippen LogP contribution in [0, 0.1) is 6.92 Å². The van der Waals surface area contributed by atoms with Crippen LogP contribution in [-0.2, 0) is 19.3 Å². The minimum absolute atomic E-state index is 0.0742. The maximum atomic E-state index is 13.9. The molecule has 2 N–H and O–H groups in total. The molecule has 0 spiro atoms. The maximum Gasteiger partial charge on any atom is 0.455 e. The SMILES string of the molecule is Cc1cc(Cl)cc(C(=O)NC2CCN(Cc3ccccc3)C2)c1NC(=O)c1cc(Cn2nnc(C(F)(F)F)n2)nn1-c1ncccc1Cl. The first-order chi connectivity index (χ1) is 22.9. The molecule has 1 aliphatic rings. The summed E-state index contributed by atoms with van der Waals surface area (Å²) in [6.07, 6.45) is -2.60. The first-order valence-corrected chi connectivity index (χ1v) is 15.4. The third-order valence-electron chi connectivity index (χ3n) is 7.58. The zero-order valence-electron chi connectivity index (χ0n) is 25.2. The van der Waals surface area contributed by atoms with Crippen LogP contribution in [0.2, 0.25) is 10.0 Å². The first kappa shape index (κ1) is 33.1. The van der Waals surface area contributed by atoms with Gasteiger partial charge in [-0.25, -0.2) is 9.67 Å². The summed E-state index contributed by atoms with van der Waals surface area (Å²) in [5.74, 6) is -2.45. The number of hydrogen-bond acceptors (Lipinski definition) is 8. The Balaban J connectivity index is 1.25. The van der Waals surface area contributed by atoms with Gasteiger partial charge in [-0.15, -0.1) is 10.2 Å². The first-order valence-electron chi connectivity index (χ1n) is 14.7. The Morgan fingerprint density at radius 3 is 2.52 bits per heavy atom. The lowest BCUT2D eigenvalue weighted by molar-refractivity contribution is -0.145. The second-order valence-electron chi connectivity index (χ2n) is 11.2. The average Bonchev–Trinajstić information content (AvgIpc) is 3.80. The number of likely N-dealkylation sites (tertiary alicyclic amines) is 1. The van der Waals surface area contributed by atoms with E-state index in [1.54, 1.807) is 19.1 Å². The van der Waals surface area contributed by atoms with Crippen molar-refractivity contribution in [3.8, 4) is 5.82 Å². The lowest BCUT2D eigenvalue weighted by Gasteiger charge is -2.19. The fraction of sp³-hybridized carbons (Fsp3) is 0.258. The molecule has 12 nitrogen and oxygen atoms in total. The van der Waals surface area contributed by atoms with Crippen LogP contribution in [-0.4, -0.2) is 70.8 Å². The summed E-state index contributed by atoms with van der Waals surface area (Å²) < 4.78 is 40.2. The van der Waals surface area contributed by atoms with Crippen molar-refractivity contribution < 1.29 is 22.8 Å². The summed E-state index contributed by atoms with van der Waals surface area (Å²) in [6.45, 7) is 3.57. The summed E-state index contributed by atoms with van der Waals surface area (Å²) in [7, 11) is 0. The van der Waals surface area contributed by atoms with E-state index < -0.39 is 23.8 Å². The molecule has 1 atom stereocenters. The number of rotatable bonds is 9. The maximum absolute atomic E-state index is 13.9. The number of carbonyl (C=O) groups excluding carboxylic acids is 2. The van der Waals surface area contributed by atoms with Gasteiger partial charge in [-0.05, 0) is 60.0 Å². The molecular weight excluding hydrogens is 672 g/mol. The van der Waals surface area contributed by atoms with Crippen LogP contribution in [0.25, 0.3) is 5.82 Å². The second-order valence-corrected chi connectivity index (χ2v) is 12.0. The van der Waals surface area contributed by atoms with Crippen molar-refractivity contribution in [2.75, 3.05) is 18.4 Å². The number of nitrogens with zero attached hydrogens (tertiary/aromatic N) is 8. The third kappa shape index (κ3) is 7.48. The number of carbonyl (C=O) groups is 2. The molecule has 2 aromatic carbocycles. The van der Waals surface area contributed by atoms with E-state index in [1.165, 1.54) is 30.0 Å². The van der Waals surface area contributed by atoms with Crippen LogP contribution >= 0.6 is 23.2 Å². The Kier molecular flexibility index (Phi) is 9.44. The lowest BCUT2D eigenvalue weighted by atomic mass is 10.1. The van der Waals surface area contributed by atoms with Gasteiger partial charge in [0, 0.05) is 36.9 Å².